The second kappa shape index (κ2) is 7.11. The van der Waals surface area contributed by atoms with Gasteiger partial charge in [-0.1, -0.05) is 6.07 Å². The highest BCUT2D eigenvalue weighted by atomic mass is 16.5. The van der Waals surface area contributed by atoms with Gasteiger partial charge in [-0.3, -0.25) is 4.79 Å². The number of amides is 1. The summed E-state index contributed by atoms with van der Waals surface area (Å²) >= 11 is 0. The number of nitrogens with one attached hydrogen (secondary N) is 1. The van der Waals surface area contributed by atoms with E-state index in [0.29, 0.717) is 24.6 Å². The van der Waals surface area contributed by atoms with Crippen LogP contribution in [-0.4, -0.2) is 38.1 Å². The number of carbonyl (C=O) groups is 1. The van der Waals surface area contributed by atoms with Crippen LogP contribution in [0, 0.1) is 0 Å². The summed E-state index contributed by atoms with van der Waals surface area (Å²) < 4.78 is 5.51. The van der Waals surface area contributed by atoms with E-state index in [-0.39, 0.29) is 11.9 Å². The fourth-order valence-electron chi connectivity index (χ4n) is 1.97. The maximum absolute atomic E-state index is 11.3. The van der Waals surface area contributed by atoms with Crippen molar-refractivity contribution in [3.05, 3.63) is 23.8 Å². The fourth-order valence-corrected chi connectivity index (χ4v) is 1.97. The van der Waals surface area contributed by atoms with Crippen molar-refractivity contribution in [1.82, 2.24) is 4.90 Å². The molecule has 1 rings (SSSR count). The Bertz CT molecular complexity index is 433. The molecule has 3 N–H and O–H groups in total. The molecule has 1 aromatic carbocycles. The van der Waals surface area contributed by atoms with Crippen LogP contribution in [0.3, 0.4) is 0 Å². The molecule has 0 fully saturated rings. The van der Waals surface area contributed by atoms with Crippen LogP contribution >= 0.6 is 0 Å². The molecule has 1 atom stereocenters. The van der Waals surface area contributed by atoms with Crippen LogP contribution < -0.4 is 15.8 Å². The third-order valence-electron chi connectivity index (χ3n) is 2.85. The van der Waals surface area contributed by atoms with Crippen LogP contribution in [0.2, 0.25) is 0 Å². The number of likely N-dealkylation sites (N-methyl/N-ethyl adjacent to an activating group) is 1. The Labute approximate surface area is 114 Å². The Morgan fingerprint density at radius 2 is 2.16 bits per heavy atom. The van der Waals surface area contributed by atoms with Crippen molar-refractivity contribution in [2.24, 2.45) is 5.73 Å². The van der Waals surface area contributed by atoms with Crippen molar-refractivity contribution in [2.75, 3.05) is 32.6 Å². The number of benzene rings is 1. The first-order valence-electron chi connectivity index (χ1n) is 6.40. The monoisotopic (exact) mass is 265 g/mol. The molecule has 5 heteroatoms. The van der Waals surface area contributed by atoms with Crippen LogP contribution in [0.4, 0.5) is 5.69 Å². The van der Waals surface area contributed by atoms with Gasteiger partial charge in [-0.15, -0.1) is 0 Å². The van der Waals surface area contributed by atoms with Gasteiger partial charge in [0.1, 0.15) is 5.75 Å². The molecule has 0 aliphatic rings. The Balaban J connectivity index is 3.12. The highest BCUT2D eigenvalue weighted by Crippen LogP contribution is 2.29. The van der Waals surface area contributed by atoms with Gasteiger partial charge < -0.3 is 20.7 Å². The molecule has 1 unspecified atom stereocenters. The van der Waals surface area contributed by atoms with Crippen molar-refractivity contribution >= 4 is 11.6 Å². The number of hydrogen-bond donors (Lipinski definition) is 2. The Kier molecular flexibility index (Phi) is 5.79. The van der Waals surface area contributed by atoms with Gasteiger partial charge in [-0.05, 0) is 38.7 Å². The molecule has 1 amide bonds. The van der Waals surface area contributed by atoms with Gasteiger partial charge in [0.25, 0.3) is 0 Å². The molecular formula is C14H23N3O2. The van der Waals surface area contributed by atoms with E-state index >= 15 is 0 Å². The van der Waals surface area contributed by atoms with Gasteiger partial charge >= 0.3 is 0 Å². The van der Waals surface area contributed by atoms with Gasteiger partial charge in [-0.2, -0.15) is 0 Å². The lowest BCUT2D eigenvalue weighted by Crippen LogP contribution is -2.27. The second-order valence-corrected chi connectivity index (χ2v) is 4.58. The lowest BCUT2D eigenvalue weighted by Gasteiger charge is -2.24. The van der Waals surface area contributed by atoms with Gasteiger partial charge in [0.2, 0.25) is 5.91 Å². The number of rotatable bonds is 6. The summed E-state index contributed by atoms with van der Waals surface area (Å²) in [6.45, 7) is 4.46. The third-order valence-corrected chi connectivity index (χ3v) is 2.85. The number of ether oxygens (including phenoxy) is 1. The SMILES string of the molecule is CCOc1ccc(C(CN)N(C)C)cc1NC(C)=O. The van der Waals surface area contributed by atoms with Crippen LogP contribution in [0.15, 0.2) is 18.2 Å². The van der Waals surface area contributed by atoms with Crippen molar-refractivity contribution in [3.8, 4) is 5.75 Å². The molecule has 0 heterocycles. The number of hydrogen-bond acceptors (Lipinski definition) is 4. The molecule has 5 nitrogen and oxygen atoms in total. The molecule has 0 bridgehead atoms. The third kappa shape index (κ3) is 4.22. The molecule has 19 heavy (non-hydrogen) atoms. The van der Waals surface area contributed by atoms with Gasteiger partial charge in [0, 0.05) is 19.5 Å². The van der Waals surface area contributed by atoms with Gasteiger partial charge in [0.05, 0.1) is 12.3 Å². The van der Waals surface area contributed by atoms with E-state index in [0.717, 1.165) is 5.56 Å². The quantitative estimate of drug-likeness (QED) is 0.820. The van der Waals surface area contributed by atoms with Crippen LogP contribution in [-0.2, 0) is 4.79 Å². The zero-order valence-electron chi connectivity index (χ0n) is 12.1. The summed E-state index contributed by atoms with van der Waals surface area (Å²) in [7, 11) is 3.96. The largest absolute Gasteiger partial charge is 0.492 e. The van der Waals surface area contributed by atoms with Crippen molar-refractivity contribution in [1.29, 1.82) is 0 Å². The molecule has 0 saturated heterocycles. The second-order valence-electron chi connectivity index (χ2n) is 4.58. The Hall–Kier alpha value is -1.59. The average molecular weight is 265 g/mol. The molecule has 0 radical (unpaired) electrons. The topological polar surface area (TPSA) is 67.6 Å². The van der Waals surface area contributed by atoms with Crippen LogP contribution in [0.1, 0.15) is 25.5 Å². The summed E-state index contributed by atoms with van der Waals surface area (Å²) in [4.78, 5) is 13.3. The summed E-state index contributed by atoms with van der Waals surface area (Å²) in [5, 5.41) is 2.79. The summed E-state index contributed by atoms with van der Waals surface area (Å²) in [6, 6.07) is 5.89. The number of carbonyl (C=O) groups excluding carboxylic acids is 1. The first-order chi connectivity index (χ1) is 8.99. The zero-order chi connectivity index (χ0) is 14.4. The van der Waals surface area contributed by atoms with E-state index in [1.807, 2.05) is 44.1 Å². The summed E-state index contributed by atoms with van der Waals surface area (Å²) in [5.74, 6) is 0.559. The lowest BCUT2D eigenvalue weighted by atomic mass is 10.0. The molecule has 106 valence electrons. The molecule has 0 aliphatic heterocycles. The fraction of sp³-hybridized carbons (Fsp3) is 0.500. The highest BCUT2D eigenvalue weighted by molar-refractivity contribution is 5.90. The molecule has 0 spiro atoms. The first-order valence-corrected chi connectivity index (χ1v) is 6.40. The highest BCUT2D eigenvalue weighted by Gasteiger charge is 2.15. The first kappa shape index (κ1) is 15.5. The van der Waals surface area contributed by atoms with E-state index in [1.54, 1.807) is 0 Å². The van der Waals surface area contributed by atoms with E-state index in [4.69, 9.17) is 10.5 Å². The molecule has 0 saturated carbocycles. The number of anilines is 1. The Morgan fingerprint density at radius 1 is 1.47 bits per heavy atom. The standard InChI is InChI=1S/C14H23N3O2/c1-5-19-14-7-6-11(13(9-15)17(3)4)8-12(14)16-10(2)18/h6-8,13H,5,9,15H2,1-4H3,(H,16,18). The normalized spacial score (nSPS) is 12.3. The summed E-state index contributed by atoms with van der Waals surface area (Å²) in [6.07, 6.45) is 0. The number of nitrogens with two attached hydrogens (primary N) is 1. The van der Waals surface area contributed by atoms with E-state index < -0.39 is 0 Å². The minimum atomic E-state index is -0.118. The minimum Gasteiger partial charge on any atom is -0.492 e. The molecule has 1 aromatic rings. The van der Waals surface area contributed by atoms with Crippen molar-refractivity contribution in [2.45, 2.75) is 19.9 Å². The van der Waals surface area contributed by atoms with Gasteiger partial charge in [-0.25, -0.2) is 0 Å². The minimum absolute atomic E-state index is 0.114. The predicted molar refractivity (Wildman–Crippen MR) is 77.4 cm³/mol. The van der Waals surface area contributed by atoms with Crippen LogP contribution in [0.5, 0.6) is 5.75 Å². The van der Waals surface area contributed by atoms with E-state index in [1.165, 1.54) is 6.92 Å². The summed E-state index contributed by atoms with van der Waals surface area (Å²) in [5.41, 5.74) is 7.54. The molecular weight excluding hydrogens is 242 g/mol. The van der Waals surface area contributed by atoms with Gasteiger partial charge in [0.15, 0.2) is 0 Å². The molecule has 0 aliphatic carbocycles. The van der Waals surface area contributed by atoms with Crippen molar-refractivity contribution < 1.29 is 9.53 Å². The lowest BCUT2D eigenvalue weighted by molar-refractivity contribution is -0.114. The predicted octanol–water partition coefficient (Wildman–Crippen LogP) is 1.61. The maximum Gasteiger partial charge on any atom is 0.221 e. The van der Waals surface area contributed by atoms with Crippen molar-refractivity contribution in [3.63, 3.8) is 0 Å². The maximum atomic E-state index is 11.3. The van der Waals surface area contributed by atoms with Crippen LogP contribution in [0.25, 0.3) is 0 Å². The van der Waals surface area contributed by atoms with E-state index in [2.05, 4.69) is 5.32 Å². The number of nitrogens with zero attached hydrogens (tertiary/aromatic N) is 1. The zero-order valence-corrected chi connectivity index (χ0v) is 12.1. The Morgan fingerprint density at radius 3 is 2.63 bits per heavy atom. The molecule has 0 aromatic heterocycles. The van der Waals surface area contributed by atoms with E-state index in [9.17, 15) is 4.79 Å². The average Bonchev–Trinajstić information content (AvgIpc) is 2.32. The smallest absolute Gasteiger partial charge is 0.221 e.